The number of aromatic nitrogens is 3. The minimum atomic E-state index is -0.196. The highest BCUT2D eigenvalue weighted by Gasteiger charge is 2.50. The first-order valence-electron chi connectivity index (χ1n) is 9.72. The van der Waals surface area contributed by atoms with Crippen molar-refractivity contribution in [3.05, 3.63) is 59.4 Å². The fraction of sp³-hybridized carbons (Fsp3) is 0.381. The predicted octanol–water partition coefficient (Wildman–Crippen LogP) is 3.16. The highest BCUT2D eigenvalue weighted by molar-refractivity contribution is 7.15. The molecule has 1 atom stereocenters. The van der Waals surface area contributed by atoms with Crippen molar-refractivity contribution in [3.8, 4) is 10.6 Å². The van der Waals surface area contributed by atoms with E-state index in [1.807, 2.05) is 29.2 Å². The zero-order valence-corrected chi connectivity index (χ0v) is 16.5. The van der Waals surface area contributed by atoms with Crippen molar-refractivity contribution in [1.82, 2.24) is 25.0 Å². The lowest BCUT2D eigenvalue weighted by molar-refractivity contribution is -0.136. The van der Waals surface area contributed by atoms with E-state index < -0.39 is 0 Å². The number of rotatable bonds is 5. The van der Waals surface area contributed by atoms with Crippen LogP contribution < -0.4 is 0 Å². The van der Waals surface area contributed by atoms with E-state index >= 15 is 0 Å². The summed E-state index contributed by atoms with van der Waals surface area (Å²) >= 11 is 1.80. The molecule has 2 aliphatic heterocycles. The molecule has 28 heavy (non-hydrogen) atoms. The normalized spacial score (nSPS) is 22.6. The number of nitrogens with one attached hydrogen (secondary N) is 1. The minimum absolute atomic E-state index is 0.196. The van der Waals surface area contributed by atoms with E-state index in [2.05, 4.69) is 32.2 Å². The van der Waals surface area contributed by atoms with Crippen molar-refractivity contribution in [2.45, 2.75) is 25.9 Å². The summed E-state index contributed by atoms with van der Waals surface area (Å²) in [7, 11) is 0. The number of thiophene rings is 1. The van der Waals surface area contributed by atoms with Crippen LogP contribution in [0.3, 0.4) is 0 Å². The smallest absolute Gasteiger partial charge is 0.230 e. The Hall–Kier alpha value is -2.51. The van der Waals surface area contributed by atoms with Crippen molar-refractivity contribution in [2.75, 3.05) is 19.6 Å². The van der Waals surface area contributed by atoms with E-state index in [-0.39, 0.29) is 5.41 Å². The third kappa shape index (κ3) is 3.25. The van der Waals surface area contributed by atoms with Crippen molar-refractivity contribution >= 4 is 17.2 Å². The number of H-pyrrole nitrogens is 1. The Kier molecular flexibility index (Phi) is 4.49. The summed E-state index contributed by atoms with van der Waals surface area (Å²) in [6.45, 7) is 4.22. The molecule has 2 aliphatic rings. The Morgan fingerprint density at radius 3 is 2.82 bits per heavy atom. The second kappa shape index (κ2) is 7.14. The number of carbonyl (C=O) groups is 1. The topological polar surface area (TPSA) is 65.1 Å². The van der Waals surface area contributed by atoms with Crippen molar-refractivity contribution in [2.24, 2.45) is 5.41 Å². The van der Waals surface area contributed by atoms with Crippen LogP contribution in [0.1, 0.15) is 23.4 Å². The fourth-order valence-electron chi connectivity index (χ4n) is 4.42. The molecule has 144 valence electrons. The highest BCUT2D eigenvalue weighted by Crippen LogP contribution is 2.42. The van der Waals surface area contributed by atoms with Gasteiger partial charge in [-0.05, 0) is 49.7 Å². The van der Waals surface area contributed by atoms with Gasteiger partial charge in [-0.25, -0.2) is 0 Å². The lowest BCUT2D eigenvalue weighted by Crippen LogP contribution is -2.36. The SMILES string of the molecule is O=C1N(Cc2ccccn2)CCC12CCN(Cc1ccc(-c3ccn[nH]3)s1)C2. The predicted molar refractivity (Wildman–Crippen MR) is 108 cm³/mol. The molecule has 5 rings (SSSR count). The molecule has 1 amide bonds. The van der Waals surface area contributed by atoms with Gasteiger partial charge in [0.05, 0.1) is 28.2 Å². The van der Waals surface area contributed by atoms with Crippen LogP contribution in [0.15, 0.2) is 48.8 Å². The molecule has 6 nitrogen and oxygen atoms in total. The molecule has 7 heteroatoms. The molecular formula is C21H23N5OS. The van der Waals surface area contributed by atoms with Crippen LogP contribution in [0.4, 0.5) is 0 Å². The third-order valence-corrected chi connectivity index (χ3v) is 7.02. The number of likely N-dealkylation sites (tertiary alicyclic amines) is 2. The molecule has 1 unspecified atom stereocenters. The second-order valence-electron chi connectivity index (χ2n) is 7.78. The van der Waals surface area contributed by atoms with Crippen molar-refractivity contribution in [1.29, 1.82) is 0 Å². The number of carbonyl (C=O) groups excluding carboxylic acids is 1. The molecule has 2 fully saturated rings. The zero-order valence-electron chi connectivity index (χ0n) is 15.7. The van der Waals surface area contributed by atoms with Gasteiger partial charge in [0.1, 0.15) is 0 Å². The minimum Gasteiger partial charge on any atom is -0.336 e. The van der Waals surface area contributed by atoms with Gasteiger partial charge < -0.3 is 4.90 Å². The molecule has 1 N–H and O–H groups in total. The molecule has 3 aromatic heterocycles. The Morgan fingerprint density at radius 1 is 1.07 bits per heavy atom. The van der Waals surface area contributed by atoms with Crippen LogP contribution in [-0.4, -0.2) is 50.5 Å². The van der Waals surface area contributed by atoms with Gasteiger partial charge in [-0.15, -0.1) is 11.3 Å². The lowest BCUT2D eigenvalue weighted by atomic mass is 9.85. The Balaban J connectivity index is 1.23. The van der Waals surface area contributed by atoms with Crippen LogP contribution in [0.5, 0.6) is 0 Å². The number of hydrogen-bond acceptors (Lipinski definition) is 5. The summed E-state index contributed by atoms with van der Waals surface area (Å²) in [6, 6.07) is 12.2. The molecule has 3 aromatic rings. The second-order valence-corrected chi connectivity index (χ2v) is 8.94. The van der Waals surface area contributed by atoms with Gasteiger partial charge in [-0.3, -0.25) is 19.8 Å². The standard InChI is InChI=1S/C21H23N5OS/c27-20-21(8-12-26(20)13-16-3-1-2-9-22-16)7-11-25(15-21)14-17-4-5-19(28-17)18-6-10-23-24-18/h1-6,9-10H,7-8,11-15H2,(H,23,24). The maximum atomic E-state index is 13.2. The third-order valence-electron chi connectivity index (χ3n) is 5.92. The lowest BCUT2D eigenvalue weighted by Gasteiger charge is -2.23. The molecule has 5 heterocycles. The van der Waals surface area contributed by atoms with Gasteiger partial charge in [0, 0.05) is 36.9 Å². The number of nitrogens with zero attached hydrogens (tertiary/aromatic N) is 4. The summed E-state index contributed by atoms with van der Waals surface area (Å²) in [6.07, 6.45) is 5.49. The van der Waals surface area contributed by atoms with Crippen molar-refractivity contribution in [3.63, 3.8) is 0 Å². The van der Waals surface area contributed by atoms with Crippen LogP contribution in [0.25, 0.3) is 10.6 Å². The maximum absolute atomic E-state index is 13.2. The monoisotopic (exact) mass is 393 g/mol. The zero-order chi connectivity index (χ0) is 19.0. The number of pyridine rings is 1. The van der Waals surface area contributed by atoms with Gasteiger partial charge >= 0.3 is 0 Å². The molecule has 0 bridgehead atoms. The number of aromatic amines is 1. The van der Waals surface area contributed by atoms with Gasteiger partial charge in [0.15, 0.2) is 0 Å². The molecule has 0 saturated carbocycles. The number of hydrogen-bond donors (Lipinski definition) is 1. The van der Waals surface area contributed by atoms with E-state index in [1.54, 1.807) is 23.7 Å². The van der Waals surface area contributed by atoms with Gasteiger partial charge in [0.2, 0.25) is 5.91 Å². The maximum Gasteiger partial charge on any atom is 0.230 e. The van der Waals surface area contributed by atoms with E-state index in [0.717, 1.165) is 50.4 Å². The van der Waals surface area contributed by atoms with E-state index in [0.29, 0.717) is 12.5 Å². The molecule has 2 saturated heterocycles. The summed E-state index contributed by atoms with van der Waals surface area (Å²) in [5.41, 5.74) is 1.83. The molecular weight excluding hydrogens is 370 g/mol. The first-order valence-corrected chi connectivity index (χ1v) is 10.5. The van der Waals surface area contributed by atoms with Gasteiger partial charge in [0.25, 0.3) is 0 Å². The number of amides is 1. The first kappa shape index (κ1) is 17.6. The first-order chi connectivity index (χ1) is 13.7. The molecule has 0 radical (unpaired) electrons. The van der Waals surface area contributed by atoms with E-state index in [4.69, 9.17) is 0 Å². The molecule has 0 aromatic carbocycles. The average Bonchev–Trinajstić information content (AvgIpc) is 3.49. The van der Waals surface area contributed by atoms with Crippen LogP contribution in [0.2, 0.25) is 0 Å². The van der Waals surface area contributed by atoms with Crippen LogP contribution >= 0.6 is 11.3 Å². The molecule has 1 spiro atoms. The summed E-state index contributed by atoms with van der Waals surface area (Å²) in [5, 5.41) is 7.05. The average molecular weight is 394 g/mol. The van der Waals surface area contributed by atoms with Crippen molar-refractivity contribution < 1.29 is 4.79 Å². The fourth-order valence-corrected chi connectivity index (χ4v) is 5.45. The van der Waals surface area contributed by atoms with Crippen LogP contribution in [0, 0.1) is 5.41 Å². The van der Waals surface area contributed by atoms with E-state index in [9.17, 15) is 4.79 Å². The summed E-state index contributed by atoms with van der Waals surface area (Å²) < 4.78 is 0. The molecule has 0 aliphatic carbocycles. The van der Waals surface area contributed by atoms with Gasteiger partial charge in [-0.2, -0.15) is 5.10 Å². The van der Waals surface area contributed by atoms with E-state index in [1.165, 1.54) is 9.75 Å². The summed E-state index contributed by atoms with van der Waals surface area (Å²) in [5.74, 6) is 0.310. The Bertz CT molecular complexity index is 954. The quantitative estimate of drug-likeness (QED) is 0.723. The largest absolute Gasteiger partial charge is 0.336 e. The highest BCUT2D eigenvalue weighted by atomic mass is 32.1. The summed E-state index contributed by atoms with van der Waals surface area (Å²) in [4.78, 5) is 24.5. The Morgan fingerprint density at radius 2 is 2.00 bits per heavy atom. The Labute approximate surface area is 168 Å². The van der Waals surface area contributed by atoms with Gasteiger partial charge in [-0.1, -0.05) is 6.07 Å². The van der Waals surface area contributed by atoms with Crippen LogP contribution in [-0.2, 0) is 17.9 Å².